The summed E-state index contributed by atoms with van der Waals surface area (Å²) in [6.07, 6.45) is -0.990. The number of anilines is 2. The van der Waals surface area contributed by atoms with Crippen LogP contribution in [0.15, 0.2) is 72.9 Å². The van der Waals surface area contributed by atoms with Crippen molar-refractivity contribution in [2.24, 2.45) is 0 Å². The third-order valence-electron chi connectivity index (χ3n) is 6.54. The number of alkyl halides is 3. The second-order valence-corrected chi connectivity index (χ2v) is 9.08. The lowest BCUT2D eigenvalue weighted by Gasteiger charge is -2.23. The lowest BCUT2D eigenvalue weighted by molar-refractivity contribution is -0.137. The quantitative estimate of drug-likeness (QED) is 0.440. The molecule has 3 aromatic rings. The van der Waals surface area contributed by atoms with Gasteiger partial charge in [-0.05, 0) is 48.2 Å². The van der Waals surface area contributed by atoms with E-state index in [0.717, 1.165) is 61.7 Å². The van der Waals surface area contributed by atoms with Gasteiger partial charge in [0.05, 0.1) is 23.4 Å². The zero-order valence-corrected chi connectivity index (χ0v) is 20.3. The SMILES string of the molecule is CC[C@H](C(=O)Nc1ccc(N2CCCN(Cc3ccc(C(F)(F)F)cc3)CC2)nc1)c1ccccc1. The molecule has 1 N–H and O–H groups in total. The smallest absolute Gasteiger partial charge is 0.355 e. The van der Waals surface area contributed by atoms with Gasteiger partial charge in [0.2, 0.25) is 5.91 Å². The van der Waals surface area contributed by atoms with Crippen molar-refractivity contribution in [1.82, 2.24) is 9.88 Å². The zero-order chi connectivity index (χ0) is 25.5. The van der Waals surface area contributed by atoms with E-state index in [4.69, 9.17) is 0 Å². The van der Waals surface area contributed by atoms with Crippen LogP contribution in [0.25, 0.3) is 0 Å². The molecule has 0 aliphatic carbocycles. The topological polar surface area (TPSA) is 48.5 Å². The molecule has 2 aromatic carbocycles. The van der Waals surface area contributed by atoms with Crippen molar-refractivity contribution in [3.63, 3.8) is 0 Å². The Balaban J connectivity index is 1.31. The maximum atomic E-state index is 12.8. The highest BCUT2D eigenvalue weighted by Gasteiger charge is 2.30. The van der Waals surface area contributed by atoms with Gasteiger partial charge in [-0.3, -0.25) is 9.69 Å². The van der Waals surface area contributed by atoms with E-state index in [9.17, 15) is 18.0 Å². The number of carbonyl (C=O) groups is 1. The maximum absolute atomic E-state index is 12.8. The summed E-state index contributed by atoms with van der Waals surface area (Å²) in [4.78, 5) is 21.9. The number of amides is 1. The second-order valence-electron chi connectivity index (χ2n) is 9.08. The van der Waals surface area contributed by atoms with Crippen LogP contribution >= 0.6 is 0 Å². The van der Waals surface area contributed by atoms with E-state index in [1.807, 2.05) is 49.4 Å². The molecule has 1 fully saturated rings. The van der Waals surface area contributed by atoms with E-state index >= 15 is 0 Å². The molecule has 5 nitrogen and oxygen atoms in total. The van der Waals surface area contributed by atoms with Gasteiger partial charge in [-0.2, -0.15) is 13.2 Å². The van der Waals surface area contributed by atoms with Crippen molar-refractivity contribution in [3.05, 3.63) is 89.6 Å². The minimum absolute atomic E-state index is 0.0491. The molecular weight excluding hydrogens is 465 g/mol. The van der Waals surface area contributed by atoms with Crippen molar-refractivity contribution >= 4 is 17.4 Å². The molecule has 0 saturated carbocycles. The van der Waals surface area contributed by atoms with Crippen molar-refractivity contribution in [1.29, 1.82) is 0 Å². The Morgan fingerprint density at radius 3 is 2.36 bits per heavy atom. The normalized spacial score (nSPS) is 15.8. The van der Waals surface area contributed by atoms with Gasteiger partial charge in [0.1, 0.15) is 5.82 Å². The first-order valence-corrected chi connectivity index (χ1v) is 12.3. The van der Waals surface area contributed by atoms with E-state index in [1.165, 1.54) is 0 Å². The average molecular weight is 497 g/mol. The molecule has 190 valence electrons. The van der Waals surface area contributed by atoms with Crippen molar-refractivity contribution in [2.75, 3.05) is 36.4 Å². The van der Waals surface area contributed by atoms with E-state index in [-0.39, 0.29) is 11.8 Å². The van der Waals surface area contributed by atoms with Gasteiger partial charge in [0.15, 0.2) is 0 Å². The number of pyridine rings is 1. The Bertz CT molecular complexity index is 1120. The van der Waals surface area contributed by atoms with Gasteiger partial charge < -0.3 is 10.2 Å². The Labute approximate surface area is 210 Å². The van der Waals surface area contributed by atoms with Crippen LogP contribution in [-0.4, -0.2) is 42.0 Å². The summed E-state index contributed by atoms with van der Waals surface area (Å²) < 4.78 is 38.4. The number of hydrogen-bond acceptors (Lipinski definition) is 4. The fourth-order valence-electron chi connectivity index (χ4n) is 4.55. The van der Waals surface area contributed by atoms with Crippen LogP contribution in [-0.2, 0) is 17.5 Å². The largest absolute Gasteiger partial charge is 0.416 e. The van der Waals surface area contributed by atoms with Crippen LogP contribution in [0, 0.1) is 0 Å². The molecule has 1 amide bonds. The molecule has 0 unspecified atom stereocenters. The molecule has 1 aliphatic heterocycles. The Morgan fingerprint density at radius 1 is 0.972 bits per heavy atom. The van der Waals surface area contributed by atoms with Crippen molar-refractivity contribution < 1.29 is 18.0 Å². The minimum atomic E-state index is -4.31. The predicted molar refractivity (Wildman–Crippen MR) is 136 cm³/mol. The minimum Gasteiger partial charge on any atom is -0.355 e. The monoisotopic (exact) mass is 496 g/mol. The number of carbonyl (C=O) groups excluding carboxylic acids is 1. The fourth-order valence-corrected chi connectivity index (χ4v) is 4.55. The standard InChI is InChI=1S/C28H31F3N4O/c1-2-25(22-7-4-3-5-8-22)27(36)33-24-13-14-26(32-19-24)35-16-6-15-34(17-18-35)20-21-9-11-23(12-10-21)28(29,30)31/h3-5,7-14,19,25H,2,6,15-18,20H2,1H3,(H,33,36)/t25-/m0/s1. The molecule has 1 aliphatic rings. The summed E-state index contributed by atoms with van der Waals surface area (Å²) in [6, 6.07) is 19.0. The summed E-state index contributed by atoms with van der Waals surface area (Å²) in [7, 11) is 0. The lowest BCUT2D eigenvalue weighted by atomic mass is 9.95. The van der Waals surface area contributed by atoms with Crippen molar-refractivity contribution in [2.45, 2.75) is 38.4 Å². The summed E-state index contributed by atoms with van der Waals surface area (Å²) in [5.41, 5.74) is 1.91. The predicted octanol–water partition coefficient (Wildman–Crippen LogP) is 5.95. The zero-order valence-electron chi connectivity index (χ0n) is 20.3. The second kappa shape index (κ2) is 11.6. The first-order chi connectivity index (χ1) is 17.3. The van der Waals surface area contributed by atoms with Gasteiger partial charge in [0.25, 0.3) is 0 Å². The molecule has 36 heavy (non-hydrogen) atoms. The Morgan fingerprint density at radius 2 is 1.72 bits per heavy atom. The molecule has 0 radical (unpaired) electrons. The third-order valence-corrected chi connectivity index (χ3v) is 6.54. The molecular formula is C28H31F3N4O. The van der Waals surface area contributed by atoms with E-state index in [2.05, 4.69) is 20.1 Å². The number of nitrogens with zero attached hydrogens (tertiary/aromatic N) is 3. The van der Waals surface area contributed by atoms with Gasteiger partial charge in [-0.1, -0.05) is 49.4 Å². The maximum Gasteiger partial charge on any atom is 0.416 e. The van der Waals surface area contributed by atoms with E-state index in [1.54, 1.807) is 18.3 Å². The highest BCUT2D eigenvalue weighted by Crippen LogP contribution is 2.29. The summed E-state index contributed by atoms with van der Waals surface area (Å²) >= 11 is 0. The van der Waals surface area contributed by atoms with Crippen molar-refractivity contribution in [3.8, 4) is 0 Å². The molecule has 0 spiro atoms. The summed E-state index contributed by atoms with van der Waals surface area (Å²) in [5.74, 6) is 0.582. The molecule has 1 saturated heterocycles. The Hall–Kier alpha value is -3.39. The lowest BCUT2D eigenvalue weighted by Crippen LogP contribution is -2.31. The van der Waals surface area contributed by atoms with Gasteiger partial charge in [0, 0.05) is 32.7 Å². The van der Waals surface area contributed by atoms with Crippen LogP contribution in [0.3, 0.4) is 0 Å². The number of rotatable bonds is 7. The van der Waals surface area contributed by atoms with Crippen LogP contribution in [0.5, 0.6) is 0 Å². The number of benzene rings is 2. The fraction of sp³-hybridized carbons (Fsp3) is 0.357. The summed E-state index contributed by atoms with van der Waals surface area (Å²) in [6.45, 7) is 5.88. The number of hydrogen-bond donors (Lipinski definition) is 1. The van der Waals surface area contributed by atoms with Gasteiger partial charge >= 0.3 is 6.18 Å². The van der Waals surface area contributed by atoms with E-state index in [0.29, 0.717) is 18.7 Å². The first kappa shape index (κ1) is 25.7. The summed E-state index contributed by atoms with van der Waals surface area (Å²) in [5, 5.41) is 2.98. The molecule has 4 rings (SSSR count). The Kier molecular flexibility index (Phi) is 8.25. The number of halogens is 3. The van der Waals surface area contributed by atoms with Gasteiger partial charge in [-0.25, -0.2) is 4.98 Å². The van der Waals surface area contributed by atoms with E-state index < -0.39 is 11.7 Å². The van der Waals surface area contributed by atoms with Crippen LogP contribution in [0.1, 0.15) is 42.4 Å². The van der Waals surface area contributed by atoms with Crippen LogP contribution in [0.4, 0.5) is 24.7 Å². The average Bonchev–Trinajstić information content (AvgIpc) is 3.11. The van der Waals surface area contributed by atoms with Crippen LogP contribution < -0.4 is 10.2 Å². The third kappa shape index (κ3) is 6.63. The highest BCUT2D eigenvalue weighted by atomic mass is 19.4. The van der Waals surface area contributed by atoms with Crippen LogP contribution in [0.2, 0.25) is 0 Å². The number of aromatic nitrogens is 1. The highest BCUT2D eigenvalue weighted by molar-refractivity contribution is 5.95. The first-order valence-electron chi connectivity index (χ1n) is 12.3. The number of nitrogens with one attached hydrogen (secondary N) is 1. The molecule has 0 bridgehead atoms. The molecule has 8 heteroatoms. The van der Waals surface area contributed by atoms with Gasteiger partial charge in [-0.15, -0.1) is 0 Å². The molecule has 1 aromatic heterocycles. The molecule has 2 heterocycles. The molecule has 1 atom stereocenters.